The molecule has 122 valence electrons. The van der Waals surface area contributed by atoms with Crippen molar-refractivity contribution < 1.29 is 9.53 Å². The first-order valence-corrected chi connectivity index (χ1v) is 9.18. The maximum atomic E-state index is 12.2. The Balaban J connectivity index is 2.17. The van der Waals surface area contributed by atoms with Gasteiger partial charge >= 0.3 is 0 Å². The molecule has 0 aromatic heterocycles. The van der Waals surface area contributed by atoms with E-state index in [9.17, 15) is 10.1 Å². The highest BCUT2D eigenvalue weighted by atomic mass is 127. The van der Waals surface area contributed by atoms with E-state index in [1.54, 1.807) is 13.2 Å². The largest absolute Gasteiger partial charge is 0.495 e. The Hall–Kier alpha value is -1.60. The van der Waals surface area contributed by atoms with Crippen LogP contribution in [0.15, 0.2) is 48.0 Å². The Morgan fingerprint density at radius 1 is 1.25 bits per heavy atom. The Labute approximate surface area is 168 Å². The summed E-state index contributed by atoms with van der Waals surface area (Å²) >= 11 is 4.34. The number of hydrogen-bond acceptors (Lipinski definition) is 3. The van der Waals surface area contributed by atoms with Gasteiger partial charge in [-0.25, -0.2) is 0 Å². The molecule has 6 heteroatoms. The van der Waals surface area contributed by atoms with Crippen molar-refractivity contribution in [2.24, 2.45) is 0 Å². The second-order valence-corrected chi connectivity index (χ2v) is 7.18. The molecule has 0 saturated heterocycles. The van der Waals surface area contributed by atoms with Crippen LogP contribution in [0.4, 0.5) is 0 Å². The highest BCUT2D eigenvalue weighted by Gasteiger charge is 2.11. The standard InChI is InChI=1S/C18H14I2N2O2/c1-24-17-15(19)8-13(9-16(17)20)7-14(10-21)18(23)22-11-12-5-3-2-4-6-12/h2-9H,11H2,1H3,(H,22,23)/b14-7+. The molecule has 24 heavy (non-hydrogen) atoms. The van der Waals surface area contributed by atoms with Gasteiger partial charge in [0, 0.05) is 6.54 Å². The molecule has 0 atom stereocenters. The van der Waals surface area contributed by atoms with E-state index in [0.29, 0.717) is 6.54 Å². The number of rotatable bonds is 5. The van der Waals surface area contributed by atoms with E-state index in [-0.39, 0.29) is 11.5 Å². The van der Waals surface area contributed by atoms with E-state index in [4.69, 9.17) is 4.74 Å². The molecule has 0 aliphatic rings. The second kappa shape index (κ2) is 9.03. The third kappa shape index (κ3) is 4.95. The molecule has 0 saturated carbocycles. The quantitative estimate of drug-likeness (QED) is 0.350. The van der Waals surface area contributed by atoms with Crippen molar-refractivity contribution in [3.63, 3.8) is 0 Å². The molecular formula is C18H14I2N2O2. The van der Waals surface area contributed by atoms with Crippen molar-refractivity contribution in [3.8, 4) is 11.8 Å². The van der Waals surface area contributed by atoms with Gasteiger partial charge in [0.15, 0.2) is 0 Å². The topological polar surface area (TPSA) is 62.1 Å². The average molecular weight is 544 g/mol. The van der Waals surface area contributed by atoms with Crippen molar-refractivity contribution >= 4 is 57.2 Å². The fourth-order valence-corrected chi connectivity index (χ4v) is 4.30. The zero-order valence-electron chi connectivity index (χ0n) is 12.8. The molecule has 2 aromatic rings. The van der Waals surface area contributed by atoms with Gasteiger partial charge in [-0.05, 0) is 74.5 Å². The molecular weight excluding hydrogens is 530 g/mol. The summed E-state index contributed by atoms with van der Waals surface area (Å²) in [7, 11) is 1.62. The minimum absolute atomic E-state index is 0.0719. The second-order valence-electron chi connectivity index (χ2n) is 4.86. The van der Waals surface area contributed by atoms with Crippen LogP contribution in [0.2, 0.25) is 0 Å². The Bertz CT molecular complexity index is 789. The summed E-state index contributed by atoms with van der Waals surface area (Å²) in [6.07, 6.45) is 1.59. The molecule has 1 N–H and O–H groups in total. The van der Waals surface area contributed by atoms with Gasteiger partial charge in [0.2, 0.25) is 0 Å². The molecule has 0 radical (unpaired) electrons. The van der Waals surface area contributed by atoms with Crippen molar-refractivity contribution in [2.75, 3.05) is 7.11 Å². The van der Waals surface area contributed by atoms with Crippen molar-refractivity contribution in [2.45, 2.75) is 6.54 Å². The summed E-state index contributed by atoms with van der Waals surface area (Å²) in [5.41, 5.74) is 1.84. The summed E-state index contributed by atoms with van der Waals surface area (Å²) in [6.45, 7) is 0.385. The number of ether oxygens (including phenoxy) is 1. The van der Waals surface area contributed by atoms with Gasteiger partial charge < -0.3 is 10.1 Å². The third-order valence-corrected chi connectivity index (χ3v) is 4.80. The van der Waals surface area contributed by atoms with Crippen LogP contribution in [-0.4, -0.2) is 13.0 Å². The number of hydrogen-bond donors (Lipinski definition) is 1. The summed E-state index contributed by atoms with van der Waals surface area (Å²) in [5.74, 6) is 0.405. The molecule has 0 fully saturated rings. The molecule has 2 rings (SSSR count). The maximum absolute atomic E-state index is 12.2. The predicted molar refractivity (Wildman–Crippen MR) is 110 cm³/mol. The Kier molecular flexibility index (Phi) is 7.05. The molecule has 0 heterocycles. The lowest BCUT2D eigenvalue weighted by atomic mass is 10.1. The van der Waals surface area contributed by atoms with Gasteiger partial charge in [0.1, 0.15) is 17.4 Å². The fraction of sp³-hybridized carbons (Fsp3) is 0.111. The van der Waals surface area contributed by atoms with Crippen LogP contribution in [0.25, 0.3) is 6.08 Å². The number of benzene rings is 2. The fourth-order valence-electron chi connectivity index (χ4n) is 2.05. The normalized spacial score (nSPS) is 10.8. The monoisotopic (exact) mass is 544 g/mol. The molecule has 2 aromatic carbocycles. The van der Waals surface area contributed by atoms with Gasteiger partial charge in [-0.15, -0.1) is 0 Å². The Morgan fingerprint density at radius 3 is 2.42 bits per heavy atom. The zero-order valence-corrected chi connectivity index (χ0v) is 17.2. The molecule has 0 bridgehead atoms. The third-order valence-electron chi connectivity index (χ3n) is 3.20. The van der Waals surface area contributed by atoms with E-state index in [2.05, 4.69) is 50.5 Å². The number of carbonyl (C=O) groups excluding carboxylic acids is 1. The number of halogens is 2. The van der Waals surface area contributed by atoms with E-state index in [1.807, 2.05) is 48.5 Å². The number of amides is 1. The van der Waals surface area contributed by atoms with Gasteiger partial charge in [0.05, 0.1) is 14.3 Å². The smallest absolute Gasteiger partial charge is 0.262 e. The summed E-state index contributed by atoms with van der Waals surface area (Å²) < 4.78 is 7.17. The van der Waals surface area contributed by atoms with Crippen LogP contribution < -0.4 is 10.1 Å². The van der Waals surface area contributed by atoms with Gasteiger partial charge in [-0.3, -0.25) is 4.79 Å². The summed E-state index contributed by atoms with van der Waals surface area (Å²) in [4.78, 5) is 12.2. The number of nitriles is 1. The number of nitrogens with one attached hydrogen (secondary N) is 1. The van der Waals surface area contributed by atoms with E-state index < -0.39 is 0 Å². The number of methoxy groups -OCH3 is 1. The van der Waals surface area contributed by atoms with Crippen molar-refractivity contribution in [1.82, 2.24) is 5.32 Å². The SMILES string of the molecule is COc1c(I)cc(/C=C(\C#N)C(=O)NCc2ccccc2)cc1I. The van der Waals surface area contributed by atoms with Crippen LogP contribution in [0.3, 0.4) is 0 Å². The van der Waals surface area contributed by atoms with Crippen LogP contribution >= 0.6 is 45.2 Å². The minimum Gasteiger partial charge on any atom is -0.495 e. The lowest BCUT2D eigenvalue weighted by molar-refractivity contribution is -0.117. The predicted octanol–water partition coefficient (Wildman–Crippen LogP) is 4.13. The molecule has 0 aliphatic carbocycles. The Morgan fingerprint density at radius 2 is 1.88 bits per heavy atom. The van der Waals surface area contributed by atoms with Crippen molar-refractivity contribution in [3.05, 3.63) is 66.3 Å². The minimum atomic E-state index is -0.387. The average Bonchev–Trinajstić information content (AvgIpc) is 2.58. The van der Waals surface area contributed by atoms with Gasteiger partial charge in [0.25, 0.3) is 5.91 Å². The molecule has 0 unspecified atom stereocenters. The van der Waals surface area contributed by atoms with E-state index in [0.717, 1.165) is 24.0 Å². The van der Waals surface area contributed by atoms with E-state index >= 15 is 0 Å². The molecule has 1 amide bonds. The maximum Gasteiger partial charge on any atom is 0.262 e. The highest BCUT2D eigenvalue weighted by molar-refractivity contribution is 14.1. The van der Waals surface area contributed by atoms with Gasteiger partial charge in [-0.1, -0.05) is 30.3 Å². The molecule has 0 spiro atoms. The first kappa shape index (κ1) is 18.7. The molecule has 4 nitrogen and oxygen atoms in total. The first-order chi connectivity index (χ1) is 11.5. The van der Waals surface area contributed by atoms with E-state index in [1.165, 1.54) is 0 Å². The lowest BCUT2D eigenvalue weighted by Crippen LogP contribution is -2.23. The van der Waals surface area contributed by atoms with Crippen LogP contribution in [0.5, 0.6) is 5.75 Å². The lowest BCUT2D eigenvalue weighted by Gasteiger charge is -2.08. The van der Waals surface area contributed by atoms with Gasteiger partial charge in [-0.2, -0.15) is 5.26 Å². The number of carbonyl (C=O) groups is 1. The van der Waals surface area contributed by atoms with Crippen LogP contribution in [0.1, 0.15) is 11.1 Å². The van der Waals surface area contributed by atoms with Crippen molar-refractivity contribution in [1.29, 1.82) is 5.26 Å². The number of nitrogens with zero attached hydrogens (tertiary/aromatic N) is 1. The molecule has 0 aliphatic heterocycles. The van der Waals surface area contributed by atoms with Crippen LogP contribution in [-0.2, 0) is 11.3 Å². The summed E-state index contributed by atoms with van der Waals surface area (Å²) in [5, 5.41) is 12.1. The zero-order chi connectivity index (χ0) is 17.5. The highest BCUT2D eigenvalue weighted by Crippen LogP contribution is 2.29. The summed E-state index contributed by atoms with van der Waals surface area (Å²) in [6, 6.07) is 15.3. The first-order valence-electron chi connectivity index (χ1n) is 7.02. The van der Waals surface area contributed by atoms with Crippen LogP contribution in [0, 0.1) is 18.5 Å².